The summed E-state index contributed by atoms with van der Waals surface area (Å²) >= 11 is 0. The van der Waals surface area contributed by atoms with E-state index in [9.17, 15) is 28.8 Å². The molecule has 13 nitrogen and oxygen atoms in total. The molecule has 1 amide bonds. The highest BCUT2D eigenvalue weighted by molar-refractivity contribution is 5.87. The first-order valence-corrected chi connectivity index (χ1v) is 9.74. The second-order valence-electron chi connectivity index (χ2n) is 6.93. The summed E-state index contributed by atoms with van der Waals surface area (Å²) in [5.74, 6) is -5.05. The van der Waals surface area contributed by atoms with Crippen LogP contribution in [-0.4, -0.2) is 79.9 Å². The number of esters is 5. The molecule has 33 heavy (non-hydrogen) atoms. The molecule has 0 aromatic carbocycles. The summed E-state index contributed by atoms with van der Waals surface area (Å²) in [5, 5.41) is 2.50. The van der Waals surface area contributed by atoms with Crippen LogP contribution in [0.25, 0.3) is 0 Å². The van der Waals surface area contributed by atoms with Crippen LogP contribution in [0.4, 0.5) is 0 Å². The van der Waals surface area contributed by atoms with Crippen molar-refractivity contribution in [1.82, 2.24) is 5.32 Å². The minimum atomic E-state index is -1.54. The average molecular weight is 473 g/mol. The molecule has 0 unspecified atom stereocenters. The maximum absolute atomic E-state index is 12.2. The van der Waals surface area contributed by atoms with Gasteiger partial charge >= 0.3 is 29.8 Å². The van der Waals surface area contributed by atoms with E-state index >= 15 is 0 Å². The lowest BCUT2D eigenvalue weighted by Gasteiger charge is -2.40. The van der Waals surface area contributed by atoms with Crippen LogP contribution in [0.3, 0.4) is 0 Å². The Kier molecular flexibility index (Phi) is 10.3. The molecule has 0 saturated carbocycles. The van der Waals surface area contributed by atoms with Gasteiger partial charge in [-0.1, -0.05) is 0 Å². The SMILES string of the molecule is COC(=O)C1=C[C@H](NC(C)=O)[C@@H](OC(C)=O)[C@H]([C@H](OC(C)=O)[C@@H](COC(C)=O)OC(C)=O)O1. The number of rotatable bonds is 9. The number of carbonyl (C=O) groups excluding carboxylic acids is 6. The summed E-state index contributed by atoms with van der Waals surface area (Å²) < 4.78 is 31.0. The van der Waals surface area contributed by atoms with Crippen molar-refractivity contribution in [2.75, 3.05) is 13.7 Å². The fourth-order valence-corrected chi connectivity index (χ4v) is 3.03. The highest BCUT2D eigenvalue weighted by Gasteiger charge is 2.49. The van der Waals surface area contributed by atoms with E-state index in [2.05, 4.69) is 10.1 Å². The molecule has 13 heteroatoms. The van der Waals surface area contributed by atoms with Gasteiger partial charge in [-0.05, 0) is 6.08 Å². The monoisotopic (exact) mass is 473 g/mol. The van der Waals surface area contributed by atoms with Gasteiger partial charge in [0.25, 0.3) is 0 Å². The Hall–Kier alpha value is -3.64. The highest BCUT2D eigenvalue weighted by atomic mass is 16.6. The van der Waals surface area contributed by atoms with Crippen molar-refractivity contribution in [2.24, 2.45) is 0 Å². The van der Waals surface area contributed by atoms with Crippen LogP contribution in [0.1, 0.15) is 34.6 Å². The van der Waals surface area contributed by atoms with Crippen LogP contribution < -0.4 is 5.32 Å². The fraction of sp³-hybridized carbons (Fsp3) is 0.600. The summed E-state index contributed by atoms with van der Waals surface area (Å²) in [5.41, 5.74) is 0. The third-order valence-electron chi connectivity index (χ3n) is 4.09. The highest BCUT2D eigenvalue weighted by Crippen LogP contribution is 2.28. The quantitative estimate of drug-likeness (QED) is 0.331. The van der Waals surface area contributed by atoms with E-state index < -0.39 is 78.6 Å². The number of carbonyl (C=O) groups is 6. The Morgan fingerprint density at radius 2 is 1.55 bits per heavy atom. The molecule has 0 aliphatic carbocycles. The van der Waals surface area contributed by atoms with E-state index in [1.54, 1.807) is 0 Å². The van der Waals surface area contributed by atoms with Crippen LogP contribution >= 0.6 is 0 Å². The average Bonchev–Trinajstić information content (AvgIpc) is 2.68. The fourth-order valence-electron chi connectivity index (χ4n) is 3.03. The molecule has 1 heterocycles. The standard InChI is InChI=1S/C20H27NO12/c1-9(22)21-14-7-15(20(27)28-6)33-19(17(14)31-12(4)25)18(32-13(5)26)16(30-11(3)24)8-29-10(2)23/h7,14,16-19H,8H2,1-6H3,(H,21,22)/t14-,16+,17+,18+,19+/m0/s1. The van der Waals surface area contributed by atoms with E-state index in [4.69, 9.17) is 23.7 Å². The minimum absolute atomic E-state index is 0.393. The van der Waals surface area contributed by atoms with Crippen molar-refractivity contribution in [1.29, 1.82) is 0 Å². The largest absolute Gasteiger partial charge is 0.475 e. The predicted octanol–water partition coefficient (Wildman–Crippen LogP) is -0.695. The van der Waals surface area contributed by atoms with Gasteiger partial charge in [0.15, 0.2) is 24.4 Å². The molecule has 0 radical (unpaired) electrons. The molecule has 0 bridgehead atoms. The van der Waals surface area contributed by atoms with Gasteiger partial charge < -0.3 is 33.7 Å². The number of amides is 1. The summed E-state index contributed by atoms with van der Waals surface area (Å²) in [6.07, 6.45) is -4.64. The first-order valence-electron chi connectivity index (χ1n) is 9.74. The van der Waals surface area contributed by atoms with Gasteiger partial charge in [0.2, 0.25) is 11.7 Å². The number of hydrogen-bond acceptors (Lipinski definition) is 12. The lowest BCUT2D eigenvalue weighted by atomic mass is 9.93. The Labute approximate surface area is 189 Å². The third kappa shape index (κ3) is 8.79. The molecule has 0 spiro atoms. The maximum atomic E-state index is 12.2. The van der Waals surface area contributed by atoms with Gasteiger partial charge in [0.1, 0.15) is 6.61 Å². The van der Waals surface area contributed by atoms with E-state index in [-0.39, 0.29) is 0 Å². The van der Waals surface area contributed by atoms with Crippen LogP contribution in [0.15, 0.2) is 11.8 Å². The lowest BCUT2D eigenvalue weighted by molar-refractivity contribution is -0.200. The third-order valence-corrected chi connectivity index (χ3v) is 4.09. The zero-order chi connectivity index (χ0) is 25.3. The van der Waals surface area contributed by atoms with E-state index in [0.717, 1.165) is 40.9 Å². The molecule has 1 N–H and O–H groups in total. The van der Waals surface area contributed by atoms with Crippen molar-refractivity contribution in [2.45, 2.75) is 65.1 Å². The van der Waals surface area contributed by atoms with Crippen LogP contribution in [-0.2, 0) is 57.2 Å². The molecule has 1 aliphatic heterocycles. The smallest absolute Gasteiger partial charge is 0.373 e. The van der Waals surface area contributed by atoms with E-state index in [0.29, 0.717) is 0 Å². The van der Waals surface area contributed by atoms with Gasteiger partial charge in [-0.3, -0.25) is 24.0 Å². The first-order chi connectivity index (χ1) is 15.3. The van der Waals surface area contributed by atoms with Gasteiger partial charge in [-0.15, -0.1) is 0 Å². The van der Waals surface area contributed by atoms with Crippen LogP contribution in [0, 0.1) is 0 Å². The Morgan fingerprint density at radius 1 is 0.939 bits per heavy atom. The minimum Gasteiger partial charge on any atom is -0.475 e. The summed E-state index contributed by atoms with van der Waals surface area (Å²) in [6, 6.07) is -1.12. The topological polar surface area (TPSA) is 170 Å². The lowest BCUT2D eigenvalue weighted by Crippen LogP contribution is -2.60. The number of ether oxygens (including phenoxy) is 6. The summed E-state index contributed by atoms with van der Waals surface area (Å²) in [7, 11) is 1.08. The van der Waals surface area contributed by atoms with Crippen molar-refractivity contribution in [3.63, 3.8) is 0 Å². The van der Waals surface area contributed by atoms with Gasteiger partial charge in [0.05, 0.1) is 13.2 Å². The maximum Gasteiger partial charge on any atom is 0.373 e. The Morgan fingerprint density at radius 3 is 2.00 bits per heavy atom. The predicted molar refractivity (Wildman–Crippen MR) is 106 cm³/mol. The summed E-state index contributed by atoms with van der Waals surface area (Å²) in [6.45, 7) is 4.95. The molecule has 0 aromatic heterocycles. The molecular weight excluding hydrogens is 446 g/mol. The van der Waals surface area contributed by atoms with Crippen molar-refractivity contribution < 1.29 is 57.2 Å². The molecule has 184 valence electrons. The van der Waals surface area contributed by atoms with Crippen LogP contribution in [0.2, 0.25) is 0 Å². The molecule has 0 aromatic rings. The normalized spacial score (nSPS) is 21.2. The Bertz CT molecular complexity index is 820. The number of nitrogens with one attached hydrogen (secondary N) is 1. The molecule has 1 rings (SSSR count). The molecule has 5 atom stereocenters. The second kappa shape index (κ2) is 12.4. The molecule has 1 aliphatic rings. The molecular formula is C20H27NO12. The van der Waals surface area contributed by atoms with Crippen LogP contribution in [0.5, 0.6) is 0 Å². The molecule has 0 saturated heterocycles. The first kappa shape index (κ1) is 27.4. The number of hydrogen-bond donors (Lipinski definition) is 1. The van der Waals surface area contributed by atoms with E-state index in [1.807, 2.05) is 0 Å². The number of methoxy groups -OCH3 is 1. The Balaban J connectivity index is 3.58. The zero-order valence-electron chi connectivity index (χ0n) is 19.1. The molecule has 0 fully saturated rings. The second-order valence-corrected chi connectivity index (χ2v) is 6.93. The van der Waals surface area contributed by atoms with Gasteiger partial charge in [-0.25, -0.2) is 4.79 Å². The summed E-state index contributed by atoms with van der Waals surface area (Å²) in [4.78, 5) is 70.6. The van der Waals surface area contributed by atoms with Crippen molar-refractivity contribution in [3.05, 3.63) is 11.8 Å². The van der Waals surface area contributed by atoms with Crippen molar-refractivity contribution in [3.8, 4) is 0 Å². The van der Waals surface area contributed by atoms with Gasteiger partial charge in [-0.2, -0.15) is 0 Å². The van der Waals surface area contributed by atoms with E-state index in [1.165, 1.54) is 6.92 Å². The zero-order valence-corrected chi connectivity index (χ0v) is 19.1. The van der Waals surface area contributed by atoms with Gasteiger partial charge in [0, 0.05) is 34.6 Å². The van der Waals surface area contributed by atoms with Crippen molar-refractivity contribution >= 4 is 35.8 Å².